The second-order valence-corrected chi connectivity index (χ2v) is 6.74. The van der Waals surface area contributed by atoms with Crippen molar-refractivity contribution in [3.05, 3.63) is 29.8 Å². The topological polar surface area (TPSA) is 64.6 Å². The molecule has 0 fully saturated rings. The number of carbonyl (C=O) groups excluding carboxylic acids is 2. The molecule has 1 rings (SSSR count). The van der Waals surface area contributed by atoms with Crippen molar-refractivity contribution in [2.45, 2.75) is 40.0 Å². The van der Waals surface area contributed by atoms with Gasteiger partial charge in [-0.1, -0.05) is 46.8 Å². The second kappa shape index (κ2) is 8.56. The number of hydrogen-bond donors (Lipinski definition) is 1. The molecule has 5 heteroatoms. The fraction of sp³-hybridized carbons (Fsp3) is 0.556. The minimum atomic E-state index is -0.379. The number of ether oxygens (including phenoxy) is 2. The molecule has 1 N–H and O–H groups in total. The Kier molecular flexibility index (Phi) is 7.07. The average Bonchev–Trinajstić information content (AvgIpc) is 2.48. The van der Waals surface area contributed by atoms with Crippen LogP contribution in [0.15, 0.2) is 24.3 Å². The molecule has 0 unspecified atom stereocenters. The maximum Gasteiger partial charge on any atom is 0.308 e. The van der Waals surface area contributed by atoms with Crippen LogP contribution < -0.4 is 10.1 Å². The van der Waals surface area contributed by atoms with E-state index in [4.69, 9.17) is 9.47 Å². The van der Waals surface area contributed by atoms with E-state index in [2.05, 4.69) is 26.1 Å². The summed E-state index contributed by atoms with van der Waals surface area (Å²) in [5.74, 6) is -0.179. The smallest absolute Gasteiger partial charge is 0.308 e. The van der Waals surface area contributed by atoms with Crippen molar-refractivity contribution in [3.63, 3.8) is 0 Å². The summed E-state index contributed by atoms with van der Waals surface area (Å²) in [4.78, 5) is 22.7. The van der Waals surface area contributed by atoms with Gasteiger partial charge >= 0.3 is 5.97 Å². The summed E-state index contributed by atoms with van der Waals surface area (Å²) in [6.45, 7) is 10.4. The molecule has 0 saturated carbocycles. The number of benzene rings is 1. The van der Waals surface area contributed by atoms with Gasteiger partial charge in [-0.15, -0.1) is 0 Å². The summed E-state index contributed by atoms with van der Waals surface area (Å²) < 4.78 is 10.4. The molecule has 0 bridgehead atoms. The van der Waals surface area contributed by atoms with E-state index in [-0.39, 0.29) is 29.8 Å². The van der Waals surface area contributed by atoms with E-state index in [1.54, 1.807) is 13.8 Å². The van der Waals surface area contributed by atoms with Gasteiger partial charge < -0.3 is 14.8 Å². The van der Waals surface area contributed by atoms with E-state index in [1.165, 1.54) is 5.56 Å². The van der Waals surface area contributed by atoms with Crippen molar-refractivity contribution >= 4 is 11.9 Å². The van der Waals surface area contributed by atoms with Gasteiger partial charge in [0.1, 0.15) is 12.4 Å². The molecular formula is C18H27NO4. The first kappa shape index (κ1) is 19.0. The quantitative estimate of drug-likeness (QED) is 0.619. The van der Waals surface area contributed by atoms with Gasteiger partial charge in [-0.05, 0) is 23.1 Å². The number of amides is 1. The third-order valence-electron chi connectivity index (χ3n) is 3.23. The fourth-order valence-corrected chi connectivity index (χ4v) is 1.76. The number of esters is 1. The van der Waals surface area contributed by atoms with Gasteiger partial charge in [0.05, 0.1) is 12.5 Å². The lowest BCUT2D eigenvalue weighted by Crippen LogP contribution is -2.32. The minimum absolute atomic E-state index is 0.111. The predicted octanol–water partition coefficient (Wildman–Crippen LogP) is 2.68. The first-order chi connectivity index (χ1) is 10.7. The van der Waals surface area contributed by atoms with Crippen molar-refractivity contribution < 1.29 is 19.1 Å². The molecular weight excluding hydrogens is 294 g/mol. The van der Waals surface area contributed by atoms with Crippen molar-refractivity contribution in [3.8, 4) is 5.75 Å². The molecule has 0 spiro atoms. The Bertz CT molecular complexity index is 515. The summed E-state index contributed by atoms with van der Waals surface area (Å²) in [7, 11) is 0. The van der Waals surface area contributed by atoms with Crippen LogP contribution in [-0.2, 0) is 19.7 Å². The first-order valence-corrected chi connectivity index (χ1v) is 7.87. The molecule has 0 aliphatic carbocycles. The normalized spacial score (nSPS) is 11.2. The highest BCUT2D eigenvalue weighted by molar-refractivity contribution is 5.80. The Morgan fingerprint density at radius 3 is 2.26 bits per heavy atom. The van der Waals surface area contributed by atoms with Crippen molar-refractivity contribution in [1.82, 2.24) is 5.32 Å². The van der Waals surface area contributed by atoms with E-state index < -0.39 is 0 Å². The maximum absolute atomic E-state index is 11.5. The predicted molar refractivity (Wildman–Crippen MR) is 89.4 cm³/mol. The van der Waals surface area contributed by atoms with Gasteiger partial charge in [0.15, 0.2) is 6.61 Å². The van der Waals surface area contributed by atoms with Gasteiger partial charge in [-0.3, -0.25) is 9.59 Å². The minimum Gasteiger partial charge on any atom is -0.492 e. The highest BCUT2D eigenvalue weighted by atomic mass is 16.5. The van der Waals surface area contributed by atoms with Crippen LogP contribution in [0.2, 0.25) is 0 Å². The van der Waals surface area contributed by atoms with E-state index in [1.807, 2.05) is 24.3 Å². The van der Waals surface area contributed by atoms with Gasteiger partial charge in [0.2, 0.25) is 0 Å². The molecule has 5 nitrogen and oxygen atoms in total. The van der Waals surface area contributed by atoms with E-state index in [0.717, 1.165) is 5.75 Å². The SMILES string of the molecule is CC(C)C(=O)OCC(=O)NCCOc1ccc(C(C)(C)C)cc1. The van der Waals surface area contributed by atoms with Crippen LogP contribution in [0.3, 0.4) is 0 Å². The Morgan fingerprint density at radius 2 is 1.74 bits per heavy atom. The lowest BCUT2D eigenvalue weighted by molar-refractivity contribution is -0.151. The van der Waals surface area contributed by atoms with E-state index in [9.17, 15) is 9.59 Å². The van der Waals surface area contributed by atoms with Crippen LogP contribution in [0.1, 0.15) is 40.2 Å². The summed E-state index contributed by atoms with van der Waals surface area (Å²) in [5.41, 5.74) is 1.35. The van der Waals surface area contributed by atoms with Gasteiger partial charge in [-0.2, -0.15) is 0 Å². The lowest BCUT2D eigenvalue weighted by Gasteiger charge is -2.19. The van der Waals surface area contributed by atoms with Crippen LogP contribution in [0.25, 0.3) is 0 Å². The summed E-state index contributed by atoms with van der Waals surface area (Å²) >= 11 is 0. The molecule has 1 amide bonds. The van der Waals surface area contributed by atoms with Crippen molar-refractivity contribution in [2.24, 2.45) is 5.92 Å². The molecule has 1 aromatic rings. The third kappa shape index (κ3) is 7.17. The zero-order valence-corrected chi connectivity index (χ0v) is 14.6. The Balaban J connectivity index is 2.24. The monoisotopic (exact) mass is 321 g/mol. The molecule has 0 aromatic heterocycles. The molecule has 0 saturated heterocycles. The fourth-order valence-electron chi connectivity index (χ4n) is 1.76. The first-order valence-electron chi connectivity index (χ1n) is 7.87. The molecule has 0 radical (unpaired) electrons. The van der Waals surface area contributed by atoms with Crippen molar-refractivity contribution in [2.75, 3.05) is 19.8 Å². The van der Waals surface area contributed by atoms with Gasteiger partial charge in [0, 0.05) is 0 Å². The lowest BCUT2D eigenvalue weighted by atomic mass is 9.87. The summed E-state index contributed by atoms with van der Waals surface area (Å²) in [5, 5.41) is 2.64. The maximum atomic E-state index is 11.5. The van der Waals surface area contributed by atoms with Crippen LogP contribution in [0, 0.1) is 5.92 Å². The zero-order chi connectivity index (χ0) is 17.5. The number of hydrogen-bond acceptors (Lipinski definition) is 4. The van der Waals surface area contributed by atoms with Crippen LogP contribution in [-0.4, -0.2) is 31.6 Å². The number of rotatable bonds is 7. The standard InChI is InChI=1S/C18H27NO4/c1-13(2)17(21)23-12-16(20)19-10-11-22-15-8-6-14(7-9-15)18(3,4)5/h6-9,13H,10-12H2,1-5H3,(H,19,20). The molecule has 0 aliphatic rings. The third-order valence-corrected chi connectivity index (χ3v) is 3.23. The summed E-state index contributed by atoms with van der Waals surface area (Å²) in [6.07, 6.45) is 0. The highest BCUT2D eigenvalue weighted by Gasteiger charge is 2.13. The van der Waals surface area contributed by atoms with Crippen LogP contribution in [0.4, 0.5) is 0 Å². The van der Waals surface area contributed by atoms with Crippen LogP contribution in [0.5, 0.6) is 5.75 Å². The Labute approximate surface area is 138 Å². The largest absolute Gasteiger partial charge is 0.492 e. The molecule has 0 atom stereocenters. The van der Waals surface area contributed by atoms with E-state index >= 15 is 0 Å². The van der Waals surface area contributed by atoms with Crippen LogP contribution >= 0.6 is 0 Å². The molecule has 0 heterocycles. The molecule has 1 aromatic carbocycles. The Morgan fingerprint density at radius 1 is 1.13 bits per heavy atom. The molecule has 23 heavy (non-hydrogen) atoms. The van der Waals surface area contributed by atoms with Crippen molar-refractivity contribution in [1.29, 1.82) is 0 Å². The van der Waals surface area contributed by atoms with Gasteiger partial charge in [-0.25, -0.2) is 0 Å². The number of nitrogens with one attached hydrogen (secondary N) is 1. The van der Waals surface area contributed by atoms with E-state index in [0.29, 0.717) is 13.2 Å². The zero-order valence-electron chi connectivity index (χ0n) is 14.6. The molecule has 128 valence electrons. The van der Waals surface area contributed by atoms with Gasteiger partial charge in [0.25, 0.3) is 5.91 Å². The Hall–Kier alpha value is -2.04. The number of carbonyl (C=O) groups is 2. The molecule has 0 aliphatic heterocycles. The average molecular weight is 321 g/mol. The second-order valence-electron chi connectivity index (χ2n) is 6.74. The highest BCUT2D eigenvalue weighted by Crippen LogP contribution is 2.24. The summed E-state index contributed by atoms with van der Waals surface area (Å²) in [6, 6.07) is 7.93.